The van der Waals surface area contributed by atoms with Gasteiger partial charge >= 0.3 is 0 Å². The Labute approximate surface area is 351 Å². The lowest BCUT2D eigenvalue weighted by molar-refractivity contribution is 0.669. The summed E-state index contributed by atoms with van der Waals surface area (Å²) < 4.78 is 9.15. The van der Waals surface area contributed by atoms with E-state index in [9.17, 15) is 0 Å². The van der Waals surface area contributed by atoms with Crippen molar-refractivity contribution in [2.75, 3.05) is 4.90 Å². The Kier molecular flexibility index (Phi) is 7.31. The average Bonchev–Trinajstić information content (AvgIpc) is 3.84. The molecule has 0 N–H and O–H groups in total. The zero-order valence-electron chi connectivity index (χ0n) is 33.1. The number of nitrogens with zero attached hydrogens (tertiary/aromatic N) is 2. The average molecular weight is 777 g/mol. The Morgan fingerprint density at radius 2 is 0.902 bits per heavy atom. The second-order valence-electron chi connectivity index (χ2n) is 16.1. The number of anilines is 3. The van der Waals surface area contributed by atoms with Crippen molar-refractivity contribution in [1.29, 1.82) is 0 Å². The third kappa shape index (κ3) is 5.31. The Bertz CT molecular complexity index is 3890. The third-order valence-corrected chi connectivity index (χ3v) is 12.7. The molecule has 0 saturated carbocycles. The molecule has 61 heavy (non-hydrogen) atoms. The summed E-state index contributed by atoms with van der Waals surface area (Å²) in [6.45, 7) is 0. The van der Waals surface area contributed by atoms with E-state index >= 15 is 0 Å². The number of benzene rings is 11. The van der Waals surface area contributed by atoms with Crippen molar-refractivity contribution >= 4 is 104 Å². The fourth-order valence-electron chi connectivity index (χ4n) is 9.80. The van der Waals surface area contributed by atoms with Gasteiger partial charge in [0.15, 0.2) is 0 Å². The molecule has 0 spiro atoms. The van der Waals surface area contributed by atoms with E-state index in [1.165, 1.54) is 70.5 Å². The van der Waals surface area contributed by atoms with Crippen LogP contribution >= 0.6 is 0 Å². The normalized spacial score (nSPS) is 11.9. The zero-order valence-corrected chi connectivity index (χ0v) is 33.1. The monoisotopic (exact) mass is 776 g/mol. The lowest BCUT2D eigenvalue weighted by Gasteiger charge is -2.28. The number of hydrogen-bond donors (Lipinski definition) is 0. The Morgan fingerprint density at radius 1 is 0.311 bits per heavy atom. The van der Waals surface area contributed by atoms with Crippen molar-refractivity contribution in [1.82, 2.24) is 4.57 Å². The Morgan fingerprint density at radius 3 is 1.70 bits per heavy atom. The molecule has 11 aromatic carbocycles. The fraction of sp³-hybridized carbons (Fsp3) is 0. The number of hydrogen-bond acceptors (Lipinski definition) is 2. The van der Waals surface area contributed by atoms with E-state index < -0.39 is 0 Å². The molecule has 13 aromatic rings. The molecule has 2 heterocycles. The van der Waals surface area contributed by atoms with Gasteiger partial charge in [-0.1, -0.05) is 140 Å². The lowest BCUT2D eigenvalue weighted by atomic mass is 9.98. The molecule has 0 bridgehead atoms. The van der Waals surface area contributed by atoms with Gasteiger partial charge in [-0.15, -0.1) is 0 Å². The van der Waals surface area contributed by atoms with Crippen molar-refractivity contribution in [2.24, 2.45) is 0 Å². The van der Waals surface area contributed by atoms with Gasteiger partial charge in [-0.25, -0.2) is 0 Å². The first-order chi connectivity index (χ1) is 30.2. The van der Waals surface area contributed by atoms with E-state index in [1.807, 2.05) is 0 Å². The van der Waals surface area contributed by atoms with Crippen LogP contribution in [-0.2, 0) is 0 Å². The molecule has 3 nitrogen and oxygen atoms in total. The minimum absolute atomic E-state index is 0.861. The summed E-state index contributed by atoms with van der Waals surface area (Å²) in [7, 11) is 0. The SMILES string of the molecule is c1ccc(-c2cccc(-n3c4ccc(N(c5ccc6c(c5)oc5cc7ccccc7cc56)c5cc6ccccc6c6ccccc56)cc4c4cc5ccccc5cc43)c2)cc1. The van der Waals surface area contributed by atoms with Gasteiger partial charge in [-0.05, 0) is 122 Å². The highest BCUT2D eigenvalue weighted by Gasteiger charge is 2.22. The van der Waals surface area contributed by atoms with E-state index in [2.05, 4.69) is 228 Å². The van der Waals surface area contributed by atoms with Crippen molar-refractivity contribution in [3.05, 3.63) is 218 Å². The smallest absolute Gasteiger partial charge is 0.137 e. The van der Waals surface area contributed by atoms with Gasteiger partial charge < -0.3 is 13.9 Å². The summed E-state index contributed by atoms with van der Waals surface area (Å²) >= 11 is 0. The molecule has 0 atom stereocenters. The van der Waals surface area contributed by atoms with Crippen molar-refractivity contribution in [3.63, 3.8) is 0 Å². The summed E-state index contributed by atoms with van der Waals surface area (Å²) in [6, 6.07) is 79.5. The van der Waals surface area contributed by atoms with Crippen LogP contribution in [0.2, 0.25) is 0 Å². The molecule has 13 rings (SSSR count). The number of fused-ring (bicyclic) bond motifs is 11. The maximum atomic E-state index is 6.71. The molecule has 3 heteroatoms. The first-order valence-electron chi connectivity index (χ1n) is 20.9. The van der Waals surface area contributed by atoms with Crippen molar-refractivity contribution in [2.45, 2.75) is 0 Å². The highest BCUT2D eigenvalue weighted by Crippen LogP contribution is 2.46. The highest BCUT2D eigenvalue weighted by molar-refractivity contribution is 6.18. The summed E-state index contributed by atoms with van der Waals surface area (Å²) in [5, 5.41) is 14.3. The second kappa shape index (κ2) is 13.2. The van der Waals surface area contributed by atoms with Crippen LogP contribution in [0, 0.1) is 0 Å². The Hall–Kier alpha value is -8.14. The molecule has 0 saturated heterocycles. The second-order valence-corrected chi connectivity index (χ2v) is 16.1. The van der Waals surface area contributed by atoms with Crippen molar-refractivity contribution < 1.29 is 4.42 Å². The van der Waals surface area contributed by atoms with Gasteiger partial charge in [0.1, 0.15) is 11.2 Å². The molecule has 0 aliphatic heterocycles. The Balaban J connectivity index is 1.09. The van der Waals surface area contributed by atoms with Crippen LogP contribution in [-0.4, -0.2) is 4.57 Å². The van der Waals surface area contributed by atoms with Gasteiger partial charge in [-0.3, -0.25) is 0 Å². The topological polar surface area (TPSA) is 21.3 Å². The van der Waals surface area contributed by atoms with E-state index in [0.29, 0.717) is 0 Å². The zero-order chi connectivity index (χ0) is 40.0. The van der Waals surface area contributed by atoms with Gasteiger partial charge in [0.2, 0.25) is 0 Å². The number of furan rings is 1. The molecule has 0 aliphatic rings. The largest absolute Gasteiger partial charge is 0.456 e. The van der Waals surface area contributed by atoms with Crippen LogP contribution in [0.25, 0.3) is 104 Å². The molecular weight excluding hydrogens is 741 g/mol. The van der Waals surface area contributed by atoms with Gasteiger partial charge in [-0.2, -0.15) is 0 Å². The quantitative estimate of drug-likeness (QED) is 0.162. The molecule has 0 amide bonds. The van der Waals surface area contributed by atoms with E-state index in [-0.39, 0.29) is 0 Å². The number of rotatable bonds is 5. The predicted molar refractivity (Wildman–Crippen MR) is 258 cm³/mol. The molecular formula is C58H36N2O. The van der Waals surface area contributed by atoms with Crippen LogP contribution in [0.15, 0.2) is 223 Å². The molecule has 0 fully saturated rings. The molecule has 0 aliphatic carbocycles. The molecule has 0 unspecified atom stereocenters. The van der Waals surface area contributed by atoms with E-state index in [0.717, 1.165) is 50.2 Å². The van der Waals surface area contributed by atoms with Crippen LogP contribution in [0.5, 0.6) is 0 Å². The first-order valence-corrected chi connectivity index (χ1v) is 20.9. The predicted octanol–water partition coefficient (Wildman–Crippen LogP) is 16.4. The lowest BCUT2D eigenvalue weighted by Crippen LogP contribution is -2.10. The maximum absolute atomic E-state index is 6.71. The summed E-state index contributed by atoms with van der Waals surface area (Å²) in [5.74, 6) is 0. The van der Waals surface area contributed by atoms with E-state index in [1.54, 1.807) is 0 Å². The number of aromatic nitrogens is 1. The van der Waals surface area contributed by atoms with Gasteiger partial charge in [0.25, 0.3) is 0 Å². The summed E-state index contributed by atoms with van der Waals surface area (Å²) in [6.07, 6.45) is 0. The molecule has 2 aromatic heterocycles. The highest BCUT2D eigenvalue weighted by atomic mass is 16.3. The third-order valence-electron chi connectivity index (χ3n) is 12.7. The maximum Gasteiger partial charge on any atom is 0.137 e. The van der Waals surface area contributed by atoms with Crippen LogP contribution in [0.4, 0.5) is 17.1 Å². The summed E-state index contributed by atoms with van der Waals surface area (Å²) in [5.41, 5.74) is 10.8. The van der Waals surface area contributed by atoms with Crippen LogP contribution < -0.4 is 4.90 Å². The standard InChI is InChI=1S/C58H36N2O/c1-2-13-37(14-3-1)38-20-12-21-44(29-38)60-54-28-26-45(35-52(54)51-30-39-15-4-6-17-41(39)32-56(51)60)59(55-33-43-19-8-9-22-47(43)48-23-10-11-24-49(48)55)46-25-27-50-53-31-40-16-5-7-18-42(40)34-57(53)61-58(50)36-46/h1-36H. The van der Waals surface area contributed by atoms with Crippen LogP contribution in [0.3, 0.4) is 0 Å². The minimum atomic E-state index is 0.861. The van der Waals surface area contributed by atoms with Gasteiger partial charge in [0.05, 0.1) is 16.7 Å². The minimum Gasteiger partial charge on any atom is -0.456 e. The summed E-state index contributed by atoms with van der Waals surface area (Å²) in [4.78, 5) is 2.43. The molecule has 284 valence electrons. The molecule has 0 radical (unpaired) electrons. The van der Waals surface area contributed by atoms with Crippen LogP contribution in [0.1, 0.15) is 0 Å². The van der Waals surface area contributed by atoms with E-state index in [4.69, 9.17) is 4.42 Å². The van der Waals surface area contributed by atoms with Crippen molar-refractivity contribution in [3.8, 4) is 16.8 Å². The first kappa shape index (κ1) is 33.8. The van der Waals surface area contributed by atoms with Gasteiger partial charge in [0, 0.05) is 50.1 Å². The fourth-order valence-corrected chi connectivity index (χ4v) is 9.80.